The van der Waals surface area contributed by atoms with Gasteiger partial charge in [0.25, 0.3) is 0 Å². The van der Waals surface area contributed by atoms with Crippen molar-refractivity contribution in [2.75, 3.05) is 0 Å². The minimum atomic E-state index is 0.276. The van der Waals surface area contributed by atoms with Crippen LogP contribution in [0.15, 0.2) is 0 Å². The fraction of sp³-hybridized carbons (Fsp3) is 1.00. The lowest BCUT2D eigenvalue weighted by molar-refractivity contribution is 0.251. The molecule has 0 aromatic rings. The van der Waals surface area contributed by atoms with Gasteiger partial charge in [-0.25, -0.2) is 0 Å². The van der Waals surface area contributed by atoms with Gasteiger partial charge in [-0.2, -0.15) is 0 Å². The van der Waals surface area contributed by atoms with Crippen molar-refractivity contribution >= 4 is 0 Å². The summed E-state index contributed by atoms with van der Waals surface area (Å²) in [6.45, 7) is 8.99. The van der Waals surface area contributed by atoms with Crippen molar-refractivity contribution in [3.8, 4) is 0 Å². The molecule has 0 heterocycles. The number of hydrogen-bond acceptors (Lipinski definition) is 2. The zero-order valence-electron chi connectivity index (χ0n) is 11.1. The maximum absolute atomic E-state index is 5.57. The van der Waals surface area contributed by atoms with E-state index in [1.165, 1.54) is 44.9 Å². The first-order valence-corrected chi connectivity index (χ1v) is 6.48. The predicted octanol–water partition coefficient (Wildman–Crippen LogP) is 3.62. The van der Waals surface area contributed by atoms with Crippen LogP contribution in [-0.2, 0) is 0 Å². The maximum atomic E-state index is 5.57. The molecular formula is C13H30N2. The van der Waals surface area contributed by atoms with Crippen LogP contribution in [0.4, 0.5) is 0 Å². The van der Waals surface area contributed by atoms with Gasteiger partial charge in [-0.3, -0.25) is 11.3 Å². The molecule has 0 aliphatic rings. The Hall–Kier alpha value is -0.0800. The lowest BCUT2D eigenvalue weighted by atomic mass is 9.84. The molecule has 2 heteroatoms. The van der Waals surface area contributed by atoms with E-state index in [2.05, 4.69) is 33.1 Å². The second kappa shape index (κ2) is 8.12. The Balaban J connectivity index is 3.48. The van der Waals surface area contributed by atoms with Gasteiger partial charge in [0.15, 0.2) is 0 Å². The Bertz CT molecular complexity index is 138. The van der Waals surface area contributed by atoms with Crippen LogP contribution in [0.25, 0.3) is 0 Å². The summed E-state index contributed by atoms with van der Waals surface area (Å²) in [6.07, 6.45) is 9.35. The summed E-state index contributed by atoms with van der Waals surface area (Å²) in [4.78, 5) is 0. The second-order valence-electron chi connectivity index (χ2n) is 5.64. The molecule has 0 aliphatic heterocycles. The zero-order valence-corrected chi connectivity index (χ0v) is 11.1. The molecule has 1 unspecified atom stereocenters. The molecule has 0 aliphatic carbocycles. The summed E-state index contributed by atoms with van der Waals surface area (Å²) in [5.74, 6) is 5.57. The van der Waals surface area contributed by atoms with Crippen LogP contribution in [0.3, 0.4) is 0 Å². The monoisotopic (exact) mass is 214 g/mol. The largest absolute Gasteiger partial charge is 0.271 e. The number of nitrogens with two attached hydrogens (primary N) is 1. The third kappa shape index (κ3) is 7.80. The van der Waals surface area contributed by atoms with Crippen molar-refractivity contribution in [2.24, 2.45) is 11.3 Å². The number of rotatable bonds is 8. The van der Waals surface area contributed by atoms with Crippen LogP contribution in [0.2, 0.25) is 0 Å². The van der Waals surface area contributed by atoms with E-state index in [9.17, 15) is 0 Å². The summed E-state index contributed by atoms with van der Waals surface area (Å²) in [7, 11) is 0. The zero-order chi connectivity index (χ0) is 11.7. The molecule has 0 aromatic heterocycles. The molecule has 0 radical (unpaired) electrons. The predicted molar refractivity (Wildman–Crippen MR) is 68.6 cm³/mol. The lowest BCUT2D eigenvalue weighted by Gasteiger charge is -2.30. The maximum Gasteiger partial charge on any atom is 0.0259 e. The second-order valence-corrected chi connectivity index (χ2v) is 5.64. The molecule has 0 spiro atoms. The highest BCUT2D eigenvalue weighted by molar-refractivity contribution is 4.78. The SMILES string of the molecule is CCCCCCCCC(NN)C(C)(C)C. The van der Waals surface area contributed by atoms with Crippen LogP contribution in [0.5, 0.6) is 0 Å². The minimum absolute atomic E-state index is 0.276. The van der Waals surface area contributed by atoms with Crippen LogP contribution in [0.1, 0.15) is 72.6 Å². The Kier molecular flexibility index (Phi) is 8.07. The number of nitrogens with one attached hydrogen (secondary N) is 1. The van der Waals surface area contributed by atoms with Gasteiger partial charge in [-0.05, 0) is 11.8 Å². The quantitative estimate of drug-likeness (QED) is 0.368. The molecule has 0 bridgehead atoms. The van der Waals surface area contributed by atoms with Crippen molar-refractivity contribution in [1.82, 2.24) is 5.43 Å². The number of unbranched alkanes of at least 4 members (excludes halogenated alkanes) is 5. The van der Waals surface area contributed by atoms with E-state index in [1.54, 1.807) is 0 Å². The standard InChI is InChI=1S/C13H30N2/c1-5-6-7-8-9-10-11-12(15-14)13(2,3)4/h12,15H,5-11,14H2,1-4H3. The Labute approximate surface area is 96.0 Å². The molecule has 0 aromatic carbocycles. The first-order valence-electron chi connectivity index (χ1n) is 6.48. The van der Waals surface area contributed by atoms with Gasteiger partial charge in [-0.15, -0.1) is 0 Å². The molecule has 0 saturated carbocycles. The number of hydrazine groups is 1. The fourth-order valence-electron chi connectivity index (χ4n) is 1.90. The molecule has 0 rings (SSSR count). The summed E-state index contributed by atoms with van der Waals surface area (Å²) >= 11 is 0. The molecule has 1 atom stereocenters. The molecule has 15 heavy (non-hydrogen) atoms. The van der Waals surface area contributed by atoms with Crippen molar-refractivity contribution in [3.63, 3.8) is 0 Å². The van der Waals surface area contributed by atoms with E-state index in [0.717, 1.165) is 0 Å². The summed E-state index contributed by atoms with van der Waals surface area (Å²) in [5, 5.41) is 0. The third-order valence-electron chi connectivity index (χ3n) is 3.09. The Morgan fingerprint density at radius 2 is 1.53 bits per heavy atom. The topological polar surface area (TPSA) is 38.0 Å². The molecule has 2 nitrogen and oxygen atoms in total. The molecule has 92 valence electrons. The molecule has 3 N–H and O–H groups in total. The summed E-state index contributed by atoms with van der Waals surface area (Å²) in [6, 6.07) is 0.448. The normalized spacial score (nSPS) is 14.2. The van der Waals surface area contributed by atoms with Crippen molar-refractivity contribution < 1.29 is 0 Å². The van der Waals surface area contributed by atoms with E-state index in [-0.39, 0.29) is 5.41 Å². The third-order valence-corrected chi connectivity index (χ3v) is 3.09. The van der Waals surface area contributed by atoms with Gasteiger partial charge in [0.1, 0.15) is 0 Å². The van der Waals surface area contributed by atoms with Gasteiger partial charge in [0, 0.05) is 6.04 Å². The minimum Gasteiger partial charge on any atom is -0.271 e. The van der Waals surface area contributed by atoms with Crippen molar-refractivity contribution in [3.05, 3.63) is 0 Å². The van der Waals surface area contributed by atoms with E-state index in [4.69, 9.17) is 5.84 Å². The van der Waals surface area contributed by atoms with E-state index < -0.39 is 0 Å². The van der Waals surface area contributed by atoms with Crippen LogP contribution in [0, 0.1) is 5.41 Å². The Morgan fingerprint density at radius 1 is 1.00 bits per heavy atom. The van der Waals surface area contributed by atoms with Gasteiger partial charge in [0.05, 0.1) is 0 Å². The van der Waals surface area contributed by atoms with Gasteiger partial charge in [0.2, 0.25) is 0 Å². The summed E-state index contributed by atoms with van der Waals surface area (Å²) < 4.78 is 0. The van der Waals surface area contributed by atoms with Gasteiger partial charge < -0.3 is 0 Å². The van der Waals surface area contributed by atoms with Crippen molar-refractivity contribution in [2.45, 2.75) is 78.7 Å². The first kappa shape index (κ1) is 14.9. The number of hydrogen-bond donors (Lipinski definition) is 2. The van der Waals surface area contributed by atoms with E-state index >= 15 is 0 Å². The van der Waals surface area contributed by atoms with E-state index in [0.29, 0.717) is 6.04 Å². The first-order chi connectivity index (χ1) is 7.02. The van der Waals surface area contributed by atoms with Crippen molar-refractivity contribution in [1.29, 1.82) is 0 Å². The average Bonchev–Trinajstić information content (AvgIpc) is 2.15. The van der Waals surface area contributed by atoms with Crippen LogP contribution < -0.4 is 11.3 Å². The van der Waals surface area contributed by atoms with E-state index in [1.807, 2.05) is 0 Å². The molecule has 0 saturated heterocycles. The van der Waals surface area contributed by atoms with Gasteiger partial charge >= 0.3 is 0 Å². The highest BCUT2D eigenvalue weighted by Gasteiger charge is 2.22. The van der Waals surface area contributed by atoms with Crippen LogP contribution >= 0.6 is 0 Å². The average molecular weight is 214 g/mol. The fourth-order valence-corrected chi connectivity index (χ4v) is 1.90. The van der Waals surface area contributed by atoms with Crippen LogP contribution in [-0.4, -0.2) is 6.04 Å². The molecule has 0 fully saturated rings. The van der Waals surface area contributed by atoms with Gasteiger partial charge in [-0.1, -0.05) is 66.2 Å². The molecule has 0 amide bonds. The lowest BCUT2D eigenvalue weighted by Crippen LogP contribution is -2.44. The highest BCUT2D eigenvalue weighted by atomic mass is 15.2. The summed E-state index contributed by atoms with van der Waals surface area (Å²) in [5.41, 5.74) is 3.22. The Morgan fingerprint density at radius 3 is 2.00 bits per heavy atom. The molecular weight excluding hydrogens is 184 g/mol. The smallest absolute Gasteiger partial charge is 0.0259 e. The highest BCUT2D eigenvalue weighted by Crippen LogP contribution is 2.23.